The molecule has 1 fully saturated rings. The van der Waals surface area contributed by atoms with Crippen LogP contribution in [0.15, 0.2) is 18.2 Å². The van der Waals surface area contributed by atoms with Crippen LogP contribution in [0.2, 0.25) is 0 Å². The first kappa shape index (κ1) is 17.7. The van der Waals surface area contributed by atoms with Crippen LogP contribution in [0.5, 0.6) is 0 Å². The standard InChI is InChI=1S/C15H18F4N2O2/c16-11-4-3-10(13(6-11)15(17,18)19)7-20-14(23)8-21-5-1-2-12(21)9-22/h3-4,6,12,22H,1-2,5,7-9H2,(H,20,23)/t12-/m0/s1. The Balaban J connectivity index is 1.97. The molecule has 0 saturated carbocycles. The zero-order chi connectivity index (χ0) is 17.0. The van der Waals surface area contributed by atoms with Crippen molar-refractivity contribution in [3.8, 4) is 0 Å². The van der Waals surface area contributed by atoms with E-state index in [0.29, 0.717) is 12.6 Å². The molecule has 1 atom stereocenters. The molecule has 2 N–H and O–H groups in total. The van der Waals surface area contributed by atoms with E-state index in [1.807, 2.05) is 0 Å². The fraction of sp³-hybridized carbons (Fsp3) is 0.533. The molecule has 2 rings (SSSR count). The number of hydrogen-bond acceptors (Lipinski definition) is 3. The molecular formula is C15H18F4N2O2. The molecule has 0 aromatic heterocycles. The Hall–Kier alpha value is -1.67. The van der Waals surface area contributed by atoms with Crippen molar-refractivity contribution in [2.75, 3.05) is 19.7 Å². The van der Waals surface area contributed by atoms with Crippen molar-refractivity contribution in [2.24, 2.45) is 0 Å². The molecule has 0 unspecified atom stereocenters. The average Bonchev–Trinajstić information content (AvgIpc) is 2.92. The highest BCUT2D eigenvalue weighted by Crippen LogP contribution is 2.32. The van der Waals surface area contributed by atoms with E-state index in [0.717, 1.165) is 25.0 Å². The van der Waals surface area contributed by atoms with Crippen LogP contribution in [0.25, 0.3) is 0 Å². The van der Waals surface area contributed by atoms with Gasteiger partial charge in [0.1, 0.15) is 5.82 Å². The fourth-order valence-electron chi connectivity index (χ4n) is 2.71. The maximum atomic E-state index is 13.0. The summed E-state index contributed by atoms with van der Waals surface area (Å²) in [7, 11) is 0. The number of alkyl halides is 3. The van der Waals surface area contributed by atoms with Crippen LogP contribution in [0.1, 0.15) is 24.0 Å². The Morgan fingerprint density at radius 1 is 1.39 bits per heavy atom. The molecule has 0 radical (unpaired) electrons. The Morgan fingerprint density at radius 3 is 2.78 bits per heavy atom. The van der Waals surface area contributed by atoms with Crippen LogP contribution in [0, 0.1) is 5.82 Å². The van der Waals surface area contributed by atoms with Gasteiger partial charge in [-0.05, 0) is 37.1 Å². The van der Waals surface area contributed by atoms with Gasteiger partial charge in [0.05, 0.1) is 18.7 Å². The maximum absolute atomic E-state index is 13.0. The van der Waals surface area contributed by atoms with Crippen molar-refractivity contribution in [3.63, 3.8) is 0 Å². The van der Waals surface area contributed by atoms with Crippen molar-refractivity contribution in [3.05, 3.63) is 35.1 Å². The van der Waals surface area contributed by atoms with E-state index >= 15 is 0 Å². The van der Waals surface area contributed by atoms with Gasteiger partial charge in [0.25, 0.3) is 0 Å². The molecule has 0 spiro atoms. The van der Waals surface area contributed by atoms with E-state index in [-0.39, 0.29) is 31.3 Å². The van der Waals surface area contributed by atoms with Gasteiger partial charge in [0.2, 0.25) is 5.91 Å². The van der Waals surface area contributed by atoms with Gasteiger partial charge in [-0.25, -0.2) is 4.39 Å². The van der Waals surface area contributed by atoms with E-state index in [9.17, 15) is 27.5 Å². The zero-order valence-electron chi connectivity index (χ0n) is 12.4. The van der Waals surface area contributed by atoms with Crippen LogP contribution >= 0.6 is 0 Å². The highest BCUT2D eigenvalue weighted by atomic mass is 19.4. The summed E-state index contributed by atoms with van der Waals surface area (Å²) in [6.07, 6.45) is -3.02. The van der Waals surface area contributed by atoms with Crippen LogP contribution in [0.4, 0.5) is 17.6 Å². The molecule has 23 heavy (non-hydrogen) atoms. The molecular weight excluding hydrogens is 316 g/mol. The summed E-state index contributed by atoms with van der Waals surface area (Å²) in [5.41, 5.74) is -1.28. The number of aliphatic hydroxyl groups excluding tert-OH is 1. The third-order valence-electron chi connectivity index (χ3n) is 3.91. The number of carbonyl (C=O) groups is 1. The average molecular weight is 334 g/mol. The second-order valence-corrected chi connectivity index (χ2v) is 5.53. The van der Waals surface area contributed by atoms with Crippen molar-refractivity contribution in [1.82, 2.24) is 10.2 Å². The Bertz CT molecular complexity index is 563. The predicted molar refractivity (Wildman–Crippen MR) is 74.9 cm³/mol. The lowest BCUT2D eigenvalue weighted by atomic mass is 10.1. The van der Waals surface area contributed by atoms with Crippen LogP contribution < -0.4 is 5.32 Å². The highest BCUT2D eigenvalue weighted by molar-refractivity contribution is 5.78. The maximum Gasteiger partial charge on any atom is 0.416 e. The molecule has 4 nitrogen and oxygen atoms in total. The lowest BCUT2D eigenvalue weighted by Crippen LogP contribution is -2.41. The minimum atomic E-state index is -4.68. The van der Waals surface area contributed by atoms with Crippen molar-refractivity contribution in [1.29, 1.82) is 0 Å². The molecule has 1 aromatic carbocycles. The molecule has 1 saturated heterocycles. The SMILES string of the molecule is O=C(CN1CCC[C@H]1CO)NCc1ccc(F)cc1C(F)(F)F. The van der Waals surface area contributed by atoms with E-state index in [1.54, 1.807) is 4.90 Å². The van der Waals surface area contributed by atoms with Crippen LogP contribution in [0.3, 0.4) is 0 Å². The summed E-state index contributed by atoms with van der Waals surface area (Å²) >= 11 is 0. The minimum Gasteiger partial charge on any atom is -0.395 e. The molecule has 1 aliphatic heterocycles. The number of rotatable bonds is 5. The number of amides is 1. The molecule has 1 aliphatic rings. The first-order valence-electron chi connectivity index (χ1n) is 7.28. The topological polar surface area (TPSA) is 52.6 Å². The Morgan fingerprint density at radius 2 is 2.13 bits per heavy atom. The normalized spacial score (nSPS) is 19.1. The molecule has 0 aliphatic carbocycles. The van der Waals surface area contributed by atoms with Gasteiger partial charge in [-0.3, -0.25) is 9.69 Å². The summed E-state index contributed by atoms with van der Waals surface area (Å²) in [5.74, 6) is -1.40. The van der Waals surface area contributed by atoms with E-state index in [1.165, 1.54) is 0 Å². The van der Waals surface area contributed by atoms with Gasteiger partial charge in [0, 0.05) is 12.6 Å². The third kappa shape index (κ3) is 4.65. The smallest absolute Gasteiger partial charge is 0.395 e. The Kier molecular flexibility index (Phi) is 5.59. The van der Waals surface area contributed by atoms with Gasteiger partial charge in [0.15, 0.2) is 0 Å². The summed E-state index contributed by atoms with van der Waals surface area (Å²) in [6, 6.07) is 2.28. The number of likely N-dealkylation sites (tertiary alicyclic amines) is 1. The lowest BCUT2D eigenvalue weighted by molar-refractivity contribution is -0.138. The van der Waals surface area contributed by atoms with Gasteiger partial charge in [-0.1, -0.05) is 6.07 Å². The number of carbonyl (C=O) groups excluding carboxylic acids is 1. The summed E-state index contributed by atoms with van der Waals surface area (Å²) < 4.78 is 51.6. The minimum absolute atomic E-state index is 0.0216. The van der Waals surface area contributed by atoms with Gasteiger partial charge in [-0.15, -0.1) is 0 Å². The molecule has 1 heterocycles. The molecule has 0 bridgehead atoms. The molecule has 1 amide bonds. The number of aliphatic hydroxyl groups is 1. The van der Waals surface area contributed by atoms with Crippen molar-refractivity contribution < 1.29 is 27.5 Å². The number of nitrogens with zero attached hydrogens (tertiary/aromatic N) is 1. The third-order valence-corrected chi connectivity index (χ3v) is 3.91. The monoisotopic (exact) mass is 334 g/mol. The quantitative estimate of drug-likeness (QED) is 0.809. The van der Waals surface area contributed by atoms with Crippen molar-refractivity contribution >= 4 is 5.91 Å². The van der Waals surface area contributed by atoms with Gasteiger partial charge >= 0.3 is 6.18 Å². The molecule has 8 heteroatoms. The second-order valence-electron chi connectivity index (χ2n) is 5.53. The van der Waals surface area contributed by atoms with Crippen LogP contribution in [-0.2, 0) is 17.5 Å². The number of nitrogens with one attached hydrogen (secondary N) is 1. The fourth-order valence-corrected chi connectivity index (χ4v) is 2.71. The summed E-state index contributed by atoms with van der Waals surface area (Å²) in [4.78, 5) is 13.7. The van der Waals surface area contributed by atoms with E-state index in [4.69, 9.17) is 0 Å². The highest BCUT2D eigenvalue weighted by Gasteiger charge is 2.34. The number of benzene rings is 1. The lowest BCUT2D eigenvalue weighted by Gasteiger charge is -2.22. The van der Waals surface area contributed by atoms with E-state index < -0.39 is 23.5 Å². The van der Waals surface area contributed by atoms with Crippen LogP contribution in [-0.4, -0.2) is 41.7 Å². The molecule has 1 aromatic rings. The first-order valence-corrected chi connectivity index (χ1v) is 7.28. The number of hydrogen-bond donors (Lipinski definition) is 2. The molecule has 128 valence electrons. The van der Waals surface area contributed by atoms with Gasteiger partial charge in [-0.2, -0.15) is 13.2 Å². The summed E-state index contributed by atoms with van der Waals surface area (Å²) in [6.45, 7) is 0.311. The number of halogens is 4. The summed E-state index contributed by atoms with van der Waals surface area (Å²) in [5, 5.41) is 11.6. The Labute approximate surface area is 131 Å². The first-order chi connectivity index (χ1) is 10.8. The van der Waals surface area contributed by atoms with E-state index in [2.05, 4.69) is 5.32 Å². The zero-order valence-corrected chi connectivity index (χ0v) is 12.4. The van der Waals surface area contributed by atoms with Crippen molar-refractivity contribution in [2.45, 2.75) is 31.6 Å². The largest absolute Gasteiger partial charge is 0.416 e. The predicted octanol–water partition coefficient (Wildman–Crippen LogP) is 1.92. The van der Waals surface area contributed by atoms with Gasteiger partial charge < -0.3 is 10.4 Å². The second kappa shape index (κ2) is 7.27.